The van der Waals surface area contributed by atoms with Gasteiger partial charge in [-0.15, -0.1) is 0 Å². The van der Waals surface area contributed by atoms with Crippen LogP contribution in [0.5, 0.6) is 0 Å². The van der Waals surface area contributed by atoms with Gasteiger partial charge in [0.2, 0.25) is 9.70 Å². The molecule has 4 nitrogen and oxygen atoms in total. The Labute approximate surface area is 160 Å². The molecule has 0 aromatic heterocycles. The molecule has 0 aliphatic heterocycles. The van der Waals surface area contributed by atoms with Crippen molar-refractivity contribution in [1.82, 2.24) is 10.6 Å². The Morgan fingerprint density at radius 2 is 1.79 bits per heavy atom. The largest absolute Gasteiger partial charge is 0.339 e. The molecule has 3 N–H and O–H groups in total. The zero-order valence-electron chi connectivity index (χ0n) is 12.8. The molecule has 0 fully saturated rings. The van der Waals surface area contributed by atoms with Crippen molar-refractivity contribution in [1.29, 1.82) is 0 Å². The molecule has 0 heterocycles. The third-order valence-electron chi connectivity index (χ3n) is 3.27. The molecule has 0 spiro atoms. The number of hydrogen-bond donors (Lipinski definition) is 3. The number of rotatable bonds is 4. The first kappa shape index (κ1) is 19.1. The van der Waals surface area contributed by atoms with Crippen molar-refractivity contribution in [2.24, 2.45) is 0 Å². The number of amides is 1. The summed E-state index contributed by atoms with van der Waals surface area (Å²) in [5.74, 6) is -0.258. The summed E-state index contributed by atoms with van der Waals surface area (Å²) in [7, 11) is 0. The van der Waals surface area contributed by atoms with Crippen molar-refractivity contribution < 1.29 is 4.79 Å². The first-order valence-electron chi connectivity index (χ1n) is 7.22. The van der Waals surface area contributed by atoms with Crippen LogP contribution in [-0.2, 0) is 4.79 Å². The van der Waals surface area contributed by atoms with Crippen molar-refractivity contribution in [3.8, 4) is 0 Å². The van der Waals surface area contributed by atoms with Gasteiger partial charge in [0.1, 0.15) is 6.17 Å². The van der Waals surface area contributed by atoms with Crippen molar-refractivity contribution in [3.05, 3.63) is 42.5 Å². The number of anilines is 1. The third kappa shape index (κ3) is 5.11. The lowest BCUT2D eigenvalue weighted by Crippen LogP contribution is -2.56. The normalized spacial score (nSPS) is 12.5. The van der Waals surface area contributed by atoms with E-state index in [1.165, 1.54) is 0 Å². The smallest absolute Gasteiger partial charge is 0.228 e. The van der Waals surface area contributed by atoms with E-state index >= 15 is 0 Å². The predicted octanol–water partition coefficient (Wildman–Crippen LogP) is 4.35. The maximum Gasteiger partial charge on any atom is 0.228 e. The Balaban J connectivity index is 2.14. The van der Waals surface area contributed by atoms with E-state index in [9.17, 15) is 4.79 Å². The average Bonchev–Trinajstić information content (AvgIpc) is 2.53. The number of benzene rings is 2. The monoisotopic (exact) mass is 403 g/mol. The molecule has 0 saturated heterocycles. The third-order valence-corrected chi connectivity index (χ3v) is 4.14. The predicted molar refractivity (Wildman–Crippen MR) is 106 cm³/mol. The molecular weight excluding hydrogens is 389 g/mol. The van der Waals surface area contributed by atoms with Gasteiger partial charge < -0.3 is 16.0 Å². The van der Waals surface area contributed by atoms with Crippen LogP contribution in [0.25, 0.3) is 10.8 Å². The summed E-state index contributed by atoms with van der Waals surface area (Å²) in [6, 6.07) is 13.7. The zero-order valence-corrected chi connectivity index (χ0v) is 15.9. The summed E-state index contributed by atoms with van der Waals surface area (Å²) >= 11 is 23.0. The highest BCUT2D eigenvalue weighted by molar-refractivity contribution is 7.80. The summed E-state index contributed by atoms with van der Waals surface area (Å²) in [5, 5.41) is 10.8. The van der Waals surface area contributed by atoms with E-state index in [2.05, 4.69) is 16.0 Å². The molecule has 2 aromatic carbocycles. The van der Waals surface area contributed by atoms with Gasteiger partial charge in [-0.2, -0.15) is 0 Å². The van der Waals surface area contributed by atoms with E-state index < -0.39 is 9.96 Å². The number of alkyl halides is 3. The first-order chi connectivity index (χ1) is 11.3. The molecule has 0 aliphatic carbocycles. The molecule has 0 saturated carbocycles. The molecule has 2 aromatic rings. The standard InChI is InChI=1S/C16H16Cl3N3OS/c1-2-13(23)21-14(16(17,18)19)22-15(24)20-12-9-5-7-10-6-3-4-8-11(10)12/h3-9,14H,2H2,1H3,(H,21,23)(H2,20,22,24). The minimum atomic E-state index is -1.75. The van der Waals surface area contributed by atoms with E-state index in [1.54, 1.807) is 6.92 Å². The lowest BCUT2D eigenvalue weighted by molar-refractivity contribution is -0.121. The molecule has 1 amide bonds. The van der Waals surface area contributed by atoms with Gasteiger partial charge in [-0.05, 0) is 23.7 Å². The van der Waals surface area contributed by atoms with Gasteiger partial charge in [0, 0.05) is 17.5 Å². The van der Waals surface area contributed by atoms with Crippen LogP contribution in [0.3, 0.4) is 0 Å². The van der Waals surface area contributed by atoms with Gasteiger partial charge in [-0.3, -0.25) is 4.79 Å². The van der Waals surface area contributed by atoms with E-state index in [0.29, 0.717) is 0 Å². The molecule has 128 valence electrons. The molecule has 1 unspecified atom stereocenters. The molecule has 8 heteroatoms. The lowest BCUT2D eigenvalue weighted by Gasteiger charge is -2.27. The van der Waals surface area contributed by atoms with Crippen molar-refractivity contribution in [3.63, 3.8) is 0 Å². The highest BCUT2D eigenvalue weighted by atomic mass is 35.6. The fourth-order valence-electron chi connectivity index (χ4n) is 2.09. The van der Waals surface area contributed by atoms with Crippen LogP contribution in [0, 0.1) is 0 Å². The van der Waals surface area contributed by atoms with Gasteiger partial charge >= 0.3 is 0 Å². The average molecular weight is 405 g/mol. The van der Waals surface area contributed by atoms with Gasteiger partial charge in [-0.1, -0.05) is 78.1 Å². The molecule has 2 rings (SSSR count). The maximum atomic E-state index is 11.6. The molecule has 0 aliphatic rings. The second kappa shape index (κ2) is 8.21. The summed E-state index contributed by atoms with van der Waals surface area (Å²) < 4.78 is -1.75. The summed E-state index contributed by atoms with van der Waals surface area (Å²) in [6.45, 7) is 1.71. The molecule has 1 atom stereocenters. The Hall–Kier alpha value is -1.27. The maximum absolute atomic E-state index is 11.6. The van der Waals surface area contributed by atoms with Gasteiger partial charge in [0.15, 0.2) is 5.11 Å². The van der Waals surface area contributed by atoms with Crippen LogP contribution in [0.15, 0.2) is 42.5 Å². The Morgan fingerprint density at radius 3 is 2.46 bits per heavy atom. The fourth-order valence-corrected chi connectivity index (χ4v) is 2.64. The molecule has 0 radical (unpaired) electrons. The zero-order chi connectivity index (χ0) is 17.7. The van der Waals surface area contributed by atoms with E-state index in [4.69, 9.17) is 47.0 Å². The van der Waals surface area contributed by atoms with Crippen LogP contribution in [0.4, 0.5) is 5.69 Å². The Bertz CT molecular complexity index is 743. The van der Waals surface area contributed by atoms with Crippen LogP contribution in [-0.4, -0.2) is 21.0 Å². The van der Waals surface area contributed by atoms with Gasteiger partial charge in [0.25, 0.3) is 0 Å². The van der Waals surface area contributed by atoms with Crippen molar-refractivity contribution >= 4 is 74.5 Å². The Morgan fingerprint density at radius 1 is 1.12 bits per heavy atom. The highest BCUT2D eigenvalue weighted by Crippen LogP contribution is 2.29. The topological polar surface area (TPSA) is 53.2 Å². The minimum absolute atomic E-state index is 0.235. The Kier molecular flexibility index (Phi) is 6.52. The number of nitrogens with one attached hydrogen (secondary N) is 3. The molecule has 24 heavy (non-hydrogen) atoms. The van der Waals surface area contributed by atoms with E-state index in [-0.39, 0.29) is 17.4 Å². The highest BCUT2D eigenvalue weighted by Gasteiger charge is 2.34. The van der Waals surface area contributed by atoms with E-state index in [1.807, 2.05) is 42.5 Å². The second-order valence-corrected chi connectivity index (χ2v) is 7.80. The minimum Gasteiger partial charge on any atom is -0.339 e. The number of fused-ring (bicyclic) bond motifs is 1. The van der Waals surface area contributed by atoms with Gasteiger partial charge in [-0.25, -0.2) is 0 Å². The van der Waals surface area contributed by atoms with Crippen LogP contribution < -0.4 is 16.0 Å². The summed E-state index contributed by atoms with van der Waals surface area (Å²) in [5.41, 5.74) is 0.815. The summed E-state index contributed by atoms with van der Waals surface area (Å²) in [4.78, 5) is 11.6. The van der Waals surface area contributed by atoms with Crippen molar-refractivity contribution in [2.45, 2.75) is 23.3 Å². The van der Waals surface area contributed by atoms with Crippen molar-refractivity contribution in [2.75, 3.05) is 5.32 Å². The van der Waals surface area contributed by atoms with E-state index in [0.717, 1.165) is 16.5 Å². The molecule has 0 bridgehead atoms. The second-order valence-electron chi connectivity index (χ2n) is 5.02. The number of halogens is 3. The van der Waals surface area contributed by atoms with Crippen LogP contribution in [0.2, 0.25) is 0 Å². The van der Waals surface area contributed by atoms with Crippen LogP contribution in [0.1, 0.15) is 13.3 Å². The SMILES string of the molecule is CCC(=O)NC(NC(=S)Nc1cccc2ccccc12)C(Cl)(Cl)Cl. The molecular formula is C16H16Cl3N3OS. The summed E-state index contributed by atoms with van der Waals surface area (Å²) in [6.07, 6.45) is -0.687. The fraction of sp³-hybridized carbons (Fsp3) is 0.250. The number of thiocarbonyl (C=S) groups is 1. The number of hydrogen-bond acceptors (Lipinski definition) is 2. The lowest BCUT2D eigenvalue weighted by atomic mass is 10.1. The van der Waals surface area contributed by atoms with Gasteiger partial charge in [0.05, 0.1) is 0 Å². The quantitative estimate of drug-likeness (QED) is 0.403. The number of carbonyl (C=O) groups is 1. The number of carbonyl (C=O) groups excluding carboxylic acids is 1. The van der Waals surface area contributed by atoms with Crippen LogP contribution >= 0.6 is 47.0 Å². The first-order valence-corrected chi connectivity index (χ1v) is 8.77.